The van der Waals surface area contributed by atoms with E-state index in [4.69, 9.17) is 10.8 Å². The fourth-order valence-corrected chi connectivity index (χ4v) is 1.26. The van der Waals surface area contributed by atoms with Gasteiger partial charge in [0.25, 0.3) is 0 Å². The summed E-state index contributed by atoms with van der Waals surface area (Å²) >= 11 is 1.56. The predicted octanol–water partition coefficient (Wildman–Crippen LogP) is 0.748. The van der Waals surface area contributed by atoms with Gasteiger partial charge >= 0.3 is 0 Å². The predicted molar refractivity (Wildman–Crippen MR) is 46.5 cm³/mol. The summed E-state index contributed by atoms with van der Waals surface area (Å²) in [6.45, 7) is 0.190. The van der Waals surface area contributed by atoms with Gasteiger partial charge in [-0.1, -0.05) is 0 Å². The van der Waals surface area contributed by atoms with E-state index < -0.39 is 0 Å². The van der Waals surface area contributed by atoms with Gasteiger partial charge in [0.15, 0.2) is 0 Å². The molecule has 0 saturated carbocycles. The minimum atomic E-state index is 0.190. The lowest BCUT2D eigenvalue weighted by atomic mass is 10.5. The van der Waals surface area contributed by atoms with Crippen molar-refractivity contribution in [2.75, 3.05) is 18.1 Å². The smallest absolute Gasteiger partial charge is 0.123 e. The van der Waals surface area contributed by atoms with Crippen molar-refractivity contribution in [2.45, 2.75) is 4.90 Å². The summed E-state index contributed by atoms with van der Waals surface area (Å²) in [5.41, 5.74) is 5.39. The highest BCUT2D eigenvalue weighted by Gasteiger charge is 1.92. The molecule has 0 aliphatic carbocycles. The standard InChI is InChI=1S/C7H10N2OS/c8-7-2-1-6(5-9-7)11-4-3-10/h1-2,5,10H,3-4H2,(H2,8,9). The SMILES string of the molecule is Nc1ccc(SCCO)cn1. The summed E-state index contributed by atoms with van der Waals surface area (Å²) in [6, 6.07) is 3.64. The van der Waals surface area contributed by atoms with E-state index in [2.05, 4.69) is 4.98 Å². The highest BCUT2D eigenvalue weighted by Crippen LogP contribution is 2.16. The molecule has 0 aliphatic rings. The molecule has 0 spiro atoms. The number of aliphatic hydroxyl groups is 1. The van der Waals surface area contributed by atoms with Crippen LogP contribution in [0.5, 0.6) is 0 Å². The van der Waals surface area contributed by atoms with Crippen LogP contribution in [-0.4, -0.2) is 22.5 Å². The Labute approximate surface area is 69.6 Å². The van der Waals surface area contributed by atoms with Gasteiger partial charge in [-0.05, 0) is 12.1 Å². The molecular formula is C7H10N2OS. The second kappa shape index (κ2) is 4.20. The molecular weight excluding hydrogens is 160 g/mol. The van der Waals surface area contributed by atoms with Crippen LogP contribution in [0.25, 0.3) is 0 Å². The molecule has 0 fully saturated rings. The summed E-state index contributed by atoms with van der Waals surface area (Å²) in [5.74, 6) is 1.23. The highest BCUT2D eigenvalue weighted by atomic mass is 32.2. The molecule has 0 saturated heterocycles. The van der Waals surface area contributed by atoms with E-state index in [1.807, 2.05) is 6.07 Å². The summed E-state index contributed by atoms with van der Waals surface area (Å²) in [5, 5.41) is 8.52. The number of rotatable bonds is 3. The van der Waals surface area contributed by atoms with Crippen LogP contribution < -0.4 is 5.73 Å². The number of hydrogen-bond acceptors (Lipinski definition) is 4. The topological polar surface area (TPSA) is 59.1 Å². The molecule has 60 valence electrons. The van der Waals surface area contributed by atoms with Gasteiger partial charge in [0, 0.05) is 16.8 Å². The molecule has 0 bridgehead atoms. The van der Waals surface area contributed by atoms with Gasteiger partial charge in [-0.15, -0.1) is 11.8 Å². The van der Waals surface area contributed by atoms with E-state index in [-0.39, 0.29) is 6.61 Å². The summed E-state index contributed by atoms with van der Waals surface area (Å²) in [7, 11) is 0. The molecule has 0 atom stereocenters. The fourth-order valence-electron chi connectivity index (χ4n) is 0.641. The van der Waals surface area contributed by atoms with Gasteiger partial charge in [-0.3, -0.25) is 0 Å². The van der Waals surface area contributed by atoms with Gasteiger partial charge in [0.1, 0.15) is 5.82 Å². The van der Waals surface area contributed by atoms with Crippen molar-refractivity contribution in [1.29, 1.82) is 0 Å². The molecule has 1 heterocycles. The van der Waals surface area contributed by atoms with Gasteiger partial charge in [-0.25, -0.2) is 4.98 Å². The Kier molecular flexibility index (Phi) is 3.19. The van der Waals surface area contributed by atoms with E-state index in [0.717, 1.165) is 4.90 Å². The summed E-state index contributed by atoms with van der Waals surface area (Å²) < 4.78 is 0. The van der Waals surface area contributed by atoms with Crippen molar-refractivity contribution < 1.29 is 5.11 Å². The van der Waals surface area contributed by atoms with Crippen molar-refractivity contribution in [3.05, 3.63) is 18.3 Å². The number of hydrogen-bond donors (Lipinski definition) is 2. The molecule has 3 nitrogen and oxygen atoms in total. The van der Waals surface area contributed by atoms with Crippen molar-refractivity contribution in [1.82, 2.24) is 4.98 Å². The third-order valence-corrected chi connectivity index (χ3v) is 2.08. The van der Waals surface area contributed by atoms with Gasteiger partial charge in [0.05, 0.1) is 6.61 Å². The molecule has 0 amide bonds. The number of aliphatic hydroxyl groups excluding tert-OH is 1. The van der Waals surface area contributed by atoms with Crippen LogP contribution in [-0.2, 0) is 0 Å². The van der Waals surface area contributed by atoms with Crippen molar-refractivity contribution in [2.24, 2.45) is 0 Å². The number of nitrogens with zero attached hydrogens (tertiary/aromatic N) is 1. The average molecular weight is 170 g/mol. The molecule has 0 aliphatic heterocycles. The molecule has 0 aromatic carbocycles. The molecule has 11 heavy (non-hydrogen) atoms. The Balaban J connectivity index is 2.52. The number of pyridine rings is 1. The maximum atomic E-state index is 8.52. The van der Waals surface area contributed by atoms with Crippen LogP contribution in [0.2, 0.25) is 0 Å². The van der Waals surface area contributed by atoms with Gasteiger partial charge < -0.3 is 10.8 Å². The van der Waals surface area contributed by atoms with Crippen molar-refractivity contribution in [3.63, 3.8) is 0 Å². The number of thioether (sulfide) groups is 1. The van der Waals surface area contributed by atoms with Crippen LogP contribution >= 0.6 is 11.8 Å². The van der Waals surface area contributed by atoms with Gasteiger partial charge in [0.2, 0.25) is 0 Å². The molecule has 0 unspecified atom stereocenters. The second-order valence-corrected chi connectivity index (χ2v) is 3.16. The lowest BCUT2D eigenvalue weighted by molar-refractivity contribution is 0.322. The minimum absolute atomic E-state index is 0.190. The molecule has 0 radical (unpaired) electrons. The zero-order chi connectivity index (χ0) is 8.10. The van der Waals surface area contributed by atoms with E-state index in [1.54, 1.807) is 24.0 Å². The van der Waals surface area contributed by atoms with E-state index in [0.29, 0.717) is 11.6 Å². The maximum absolute atomic E-state index is 8.52. The molecule has 1 rings (SSSR count). The zero-order valence-electron chi connectivity index (χ0n) is 6.03. The first-order valence-corrected chi connectivity index (χ1v) is 4.26. The first-order chi connectivity index (χ1) is 5.33. The Morgan fingerprint density at radius 1 is 1.55 bits per heavy atom. The second-order valence-electron chi connectivity index (χ2n) is 1.99. The molecule has 1 aromatic rings. The third-order valence-electron chi connectivity index (χ3n) is 1.12. The summed E-state index contributed by atoms with van der Waals surface area (Å²) in [6.07, 6.45) is 1.70. The molecule has 1 aromatic heterocycles. The first kappa shape index (κ1) is 8.36. The number of nitrogens with two attached hydrogens (primary N) is 1. The molecule has 3 N–H and O–H groups in total. The first-order valence-electron chi connectivity index (χ1n) is 3.28. The number of aromatic nitrogens is 1. The fraction of sp³-hybridized carbons (Fsp3) is 0.286. The Morgan fingerprint density at radius 3 is 2.91 bits per heavy atom. The monoisotopic (exact) mass is 170 g/mol. The van der Waals surface area contributed by atoms with Crippen molar-refractivity contribution in [3.8, 4) is 0 Å². The van der Waals surface area contributed by atoms with Crippen LogP contribution in [0.4, 0.5) is 5.82 Å². The third kappa shape index (κ3) is 2.78. The van der Waals surface area contributed by atoms with E-state index in [1.165, 1.54) is 0 Å². The lowest BCUT2D eigenvalue weighted by Crippen LogP contribution is -1.89. The quantitative estimate of drug-likeness (QED) is 0.657. The average Bonchev–Trinajstić information content (AvgIpc) is 2.04. The van der Waals surface area contributed by atoms with Crippen LogP contribution in [0.1, 0.15) is 0 Å². The van der Waals surface area contributed by atoms with Crippen LogP contribution in [0.15, 0.2) is 23.2 Å². The van der Waals surface area contributed by atoms with Crippen LogP contribution in [0, 0.1) is 0 Å². The Bertz CT molecular complexity index is 212. The molecule has 4 heteroatoms. The van der Waals surface area contributed by atoms with E-state index >= 15 is 0 Å². The largest absolute Gasteiger partial charge is 0.396 e. The van der Waals surface area contributed by atoms with Crippen LogP contribution in [0.3, 0.4) is 0 Å². The Hall–Kier alpha value is -0.740. The number of nitrogen functional groups attached to an aromatic ring is 1. The normalized spacial score (nSPS) is 9.91. The maximum Gasteiger partial charge on any atom is 0.123 e. The van der Waals surface area contributed by atoms with E-state index in [9.17, 15) is 0 Å². The van der Waals surface area contributed by atoms with Crippen molar-refractivity contribution >= 4 is 17.6 Å². The lowest BCUT2D eigenvalue weighted by Gasteiger charge is -1.97. The zero-order valence-corrected chi connectivity index (χ0v) is 6.84. The van der Waals surface area contributed by atoms with Gasteiger partial charge in [-0.2, -0.15) is 0 Å². The highest BCUT2D eigenvalue weighted by molar-refractivity contribution is 7.99. The summed E-state index contributed by atoms with van der Waals surface area (Å²) in [4.78, 5) is 4.94. The minimum Gasteiger partial charge on any atom is -0.396 e. The Morgan fingerprint density at radius 2 is 2.36 bits per heavy atom. The number of anilines is 1.